The topological polar surface area (TPSA) is 0 Å². The molecule has 0 radical (unpaired) electrons. The van der Waals surface area contributed by atoms with Gasteiger partial charge in [-0.25, -0.2) is 22.5 Å². The number of rotatable bonds is 4. The molecule has 2 aromatic rings. The molecule has 29 heavy (non-hydrogen) atoms. The molecule has 0 aromatic heterocycles. The number of hydrogen-bond acceptors (Lipinski definition) is 0. The normalized spacial score (nSPS) is 12.0. The molecule has 0 atom stereocenters. The fraction of sp³-hybridized carbons (Fsp3) is 0.545. The molecule has 0 saturated carbocycles. The second-order valence-electron chi connectivity index (χ2n) is 11.8. The van der Waals surface area contributed by atoms with Crippen LogP contribution in [0.4, 0.5) is 0 Å². The van der Waals surface area contributed by atoms with E-state index in [9.17, 15) is 0 Å². The zero-order valence-corrected chi connectivity index (χ0v) is 30.4. The molecular weight excluding hydrogens is 686 g/mol. The Bertz CT molecular complexity index is 589. The minimum absolute atomic E-state index is 0. The third-order valence-corrected chi connectivity index (χ3v) is 13.1. The molecule has 0 saturated heterocycles. The van der Waals surface area contributed by atoms with Gasteiger partial charge in [-0.2, -0.15) is 34.6 Å². The van der Waals surface area contributed by atoms with Crippen molar-refractivity contribution in [1.29, 1.82) is 0 Å². The van der Waals surface area contributed by atoms with Gasteiger partial charge < -0.3 is 24.8 Å². The van der Waals surface area contributed by atoms with Gasteiger partial charge in [0.25, 0.3) is 0 Å². The molecule has 0 heterocycles. The Kier molecular flexibility index (Phi) is 14.9. The molecule has 0 fully saturated rings. The van der Waals surface area contributed by atoms with Crippen LogP contribution < -0.4 is 45.6 Å². The minimum Gasteiger partial charge on any atom is -1.00 e. The Morgan fingerprint density at radius 3 is 0.862 bits per heavy atom. The average Bonchev–Trinajstić information content (AvgIpc) is 3.06. The molecule has 0 unspecified atom stereocenters. The maximum absolute atomic E-state index is 2.46. The van der Waals surface area contributed by atoms with Gasteiger partial charge in [0.2, 0.25) is 0 Å². The van der Waals surface area contributed by atoms with E-state index in [0.717, 1.165) is 0 Å². The van der Waals surface area contributed by atoms with Gasteiger partial charge in [0.1, 0.15) is 0 Å². The van der Waals surface area contributed by atoms with E-state index in [1.165, 1.54) is 0 Å². The summed E-state index contributed by atoms with van der Waals surface area (Å²) in [5, 5.41) is 6.46. The summed E-state index contributed by atoms with van der Waals surface area (Å²) in [4.78, 5) is 0. The van der Waals surface area contributed by atoms with Gasteiger partial charge in [0, 0.05) is 32.3 Å². The summed E-state index contributed by atoms with van der Waals surface area (Å²) in [5.41, 5.74) is 0. The second-order valence-corrected chi connectivity index (χ2v) is 32.1. The molecule has 7 heteroatoms. The van der Waals surface area contributed by atoms with Crippen LogP contribution in [0.3, 0.4) is 0 Å². The van der Waals surface area contributed by atoms with Crippen molar-refractivity contribution >= 4 is 53.0 Å². The third-order valence-electron chi connectivity index (χ3n) is 4.97. The Hall–Kier alpha value is 1.20. The quantitative estimate of drug-likeness (QED) is 0.281. The van der Waals surface area contributed by atoms with E-state index in [0.29, 0.717) is 0 Å². The summed E-state index contributed by atoms with van der Waals surface area (Å²) in [5.74, 6) is 0. The first kappa shape index (κ1) is 34.8. The van der Waals surface area contributed by atoms with Crippen LogP contribution in [0.25, 0.3) is 0 Å². The Labute approximate surface area is 222 Å². The first-order valence-electron chi connectivity index (χ1n) is 9.98. The van der Waals surface area contributed by atoms with Gasteiger partial charge in [-0.3, -0.25) is 0 Å². The van der Waals surface area contributed by atoms with E-state index in [4.69, 9.17) is 0 Å². The van der Waals surface area contributed by atoms with Gasteiger partial charge in [0.05, 0.1) is 0 Å². The van der Waals surface area contributed by atoms with Crippen LogP contribution in [0.2, 0.25) is 78.6 Å². The summed E-state index contributed by atoms with van der Waals surface area (Å²) in [7, 11) is -4.28. The first-order valence-corrected chi connectivity index (χ1v) is 24.0. The van der Waals surface area contributed by atoms with E-state index in [1.807, 2.05) is 0 Å². The van der Waals surface area contributed by atoms with Crippen molar-refractivity contribution in [2.45, 2.75) is 78.6 Å². The smallest absolute Gasteiger partial charge is 1.00 e. The van der Waals surface area contributed by atoms with Crippen molar-refractivity contribution in [3.63, 3.8) is 0 Å². The third kappa shape index (κ3) is 11.6. The van der Waals surface area contributed by atoms with E-state index < -0.39 is 32.3 Å². The van der Waals surface area contributed by atoms with Crippen LogP contribution in [-0.2, 0) is 0 Å². The average molecular weight is 728 g/mol. The maximum Gasteiger partial charge on any atom is 4.00 e. The predicted octanol–water partition coefficient (Wildman–Crippen LogP) is -1.00. The van der Waals surface area contributed by atoms with Crippen LogP contribution in [-0.4, -0.2) is 32.3 Å². The molecule has 2 aromatic carbocycles. The Morgan fingerprint density at radius 2 is 0.759 bits per heavy atom. The van der Waals surface area contributed by atoms with E-state index in [2.05, 4.69) is 115 Å². The molecule has 0 nitrogen and oxygen atoms in total. The van der Waals surface area contributed by atoms with E-state index in [1.54, 1.807) is 20.7 Å². The molecule has 0 aliphatic carbocycles. The monoisotopic (exact) mass is 726 g/mol. The largest absolute Gasteiger partial charge is 4.00 e. The molecule has 0 bridgehead atoms. The molecular formula is C22H42Cl2Si4U. The molecule has 2 rings (SSSR count). The van der Waals surface area contributed by atoms with Crippen molar-refractivity contribution in [2.75, 3.05) is 0 Å². The van der Waals surface area contributed by atoms with Gasteiger partial charge >= 0.3 is 31.1 Å². The molecule has 164 valence electrons. The fourth-order valence-electron chi connectivity index (χ4n) is 2.75. The maximum atomic E-state index is 2.46. The zero-order valence-electron chi connectivity index (χ0n) is 20.7. The number of hydrogen-bond donors (Lipinski definition) is 0. The van der Waals surface area contributed by atoms with Crippen molar-refractivity contribution in [3.8, 4) is 0 Å². The van der Waals surface area contributed by atoms with Gasteiger partial charge in [-0.1, -0.05) is 78.6 Å². The second kappa shape index (κ2) is 12.4. The SMILES string of the molecule is C[Si](C)(C)c1cc[c-]([Si](C)(C)C)c1.C[Si](C)(C)c1cc[c-]([Si](C)(C)C)c1.[Cl-].[Cl-].[U+4]. The van der Waals surface area contributed by atoms with Gasteiger partial charge in [0.15, 0.2) is 0 Å². The Morgan fingerprint density at radius 1 is 0.517 bits per heavy atom. The summed E-state index contributed by atoms with van der Waals surface area (Å²) < 4.78 is 0. The van der Waals surface area contributed by atoms with Crippen molar-refractivity contribution in [1.82, 2.24) is 0 Å². The van der Waals surface area contributed by atoms with Crippen LogP contribution in [0.1, 0.15) is 0 Å². The molecule has 0 aliphatic rings. The summed E-state index contributed by atoms with van der Waals surface area (Å²) >= 11 is 0. The number of halogens is 2. The zero-order chi connectivity index (χ0) is 20.6. The van der Waals surface area contributed by atoms with Crippen molar-refractivity contribution < 1.29 is 55.9 Å². The predicted molar refractivity (Wildman–Crippen MR) is 136 cm³/mol. The summed E-state index contributed by atoms with van der Waals surface area (Å²) in [6.07, 6.45) is 0. The minimum atomic E-state index is -1.07. The van der Waals surface area contributed by atoms with Crippen molar-refractivity contribution in [3.05, 3.63) is 36.4 Å². The summed E-state index contributed by atoms with van der Waals surface area (Å²) in [6.45, 7) is 29.0. The molecule has 0 amide bonds. The first-order chi connectivity index (χ1) is 11.4. The van der Waals surface area contributed by atoms with Crippen molar-refractivity contribution in [2.24, 2.45) is 0 Å². The molecule has 0 aliphatic heterocycles. The molecule has 0 N–H and O–H groups in total. The van der Waals surface area contributed by atoms with Crippen LogP contribution in [0.15, 0.2) is 36.4 Å². The van der Waals surface area contributed by atoms with E-state index in [-0.39, 0.29) is 55.9 Å². The van der Waals surface area contributed by atoms with Gasteiger partial charge in [-0.15, -0.1) is 0 Å². The van der Waals surface area contributed by atoms with Crippen LogP contribution in [0, 0.1) is 31.1 Å². The van der Waals surface area contributed by atoms with Crippen LogP contribution in [0.5, 0.6) is 0 Å². The molecule has 0 spiro atoms. The van der Waals surface area contributed by atoms with Gasteiger partial charge in [-0.05, 0) is 0 Å². The summed E-state index contributed by atoms with van der Waals surface area (Å²) in [6, 6.07) is 14.3. The fourth-order valence-corrected chi connectivity index (χ4v) is 7.73. The Balaban J connectivity index is -0.000000422. The van der Waals surface area contributed by atoms with Crippen LogP contribution >= 0.6 is 0 Å². The standard InChI is InChI=1S/2C11H21Si2.2ClH.U/c2*1-12(2,3)10-7-8-11(9-10)13(4,5)6;;;/h2*7-9H,1-6H3;2*1H;/q2*-1;;;+4/p-2. The van der Waals surface area contributed by atoms with E-state index >= 15 is 0 Å².